The Hall–Kier alpha value is -1.89. The molecule has 4 nitrogen and oxygen atoms in total. The molecule has 3 aromatic rings. The number of halogens is 2. The molecule has 2 aromatic carbocycles. The van der Waals surface area contributed by atoms with Crippen LogP contribution < -0.4 is 10.6 Å². The number of aromatic nitrogens is 2. The highest BCUT2D eigenvalue weighted by molar-refractivity contribution is 9.10. The molecule has 0 saturated heterocycles. The fourth-order valence-corrected chi connectivity index (χ4v) is 2.75. The Balaban J connectivity index is 1.55. The molecule has 0 unspecified atom stereocenters. The zero-order valence-electron chi connectivity index (χ0n) is 12.5. The van der Waals surface area contributed by atoms with Crippen LogP contribution in [-0.4, -0.2) is 14.7 Å². The van der Waals surface area contributed by atoms with Gasteiger partial charge in [0.15, 0.2) is 5.11 Å². The van der Waals surface area contributed by atoms with Crippen LogP contribution in [0.5, 0.6) is 0 Å². The summed E-state index contributed by atoms with van der Waals surface area (Å²) in [4.78, 5) is 4.04. The Bertz CT molecular complexity index is 834. The van der Waals surface area contributed by atoms with Crippen LogP contribution in [0.15, 0.2) is 65.7 Å². The minimum absolute atomic E-state index is 0.548. The Labute approximate surface area is 159 Å². The standard InChI is InChI=1S/C17H14BrClN4S/c18-15-6-3-13(9-16(15)19)22-17(24)21-10-12-1-4-14(5-2-12)23-8-7-20-11-23/h1-9,11H,10H2,(H2,21,22,24). The van der Waals surface area contributed by atoms with Gasteiger partial charge in [-0.15, -0.1) is 0 Å². The summed E-state index contributed by atoms with van der Waals surface area (Å²) in [5, 5.41) is 7.48. The SMILES string of the molecule is S=C(NCc1ccc(-n2ccnc2)cc1)Nc1ccc(Br)c(Cl)c1. The van der Waals surface area contributed by atoms with E-state index in [1.807, 2.05) is 41.1 Å². The Morgan fingerprint density at radius 3 is 2.67 bits per heavy atom. The number of imidazole rings is 1. The number of thiocarbonyl (C=S) groups is 1. The van der Waals surface area contributed by atoms with Crippen molar-refractivity contribution in [2.45, 2.75) is 6.54 Å². The number of anilines is 1. The van der Waals surface area contributed by atoms with Gasteiger partial charge >= 0.3 is 0 Å². The third kappa shape index (κ3) is 4.35. The summed E-state index contributed by atoms with van der Waals surface area (Å²) in [6.45, 7) is 0.639. The summed E-state index contributed by atoms with van der Waals surface area (Å²) in [6, 6.07) is 13.8. The summed E-state index contributed by atoms with van der Waals surface area (Å²) in [7, 11) is 0. The first kappa shape index (κ1) is 17.0. The van der Waals surface area contributed by atoms with Gasteiger partial charge in [0.1, 0.15) is 0 Å². The van der Waals surface area contributed by atoms with E-state index in [0.717, 1.165) is 21.4 Å². The maximum absolute atomic E-state index is 6.07. The van der Waals surface area contributed by atoms with Crippen molar-refractivity contribution in [3.05, 3.63) is 76.2 Å². The van der Waals surface area contributed by atoms with Crippen molar-refractivity contribution >= 4 is 50.5 Å². The van der Waals surface area contributed by atoms with E-state index in [9.17, 15) is 0 Å². The molecule has 0 bridgehead atoms. The fraction of sp³-hybridized carbons (Fsp3) is 0.0588. The average Bonchev–Trinajstić information content (AvgIpc) is 3.11. The molecule has 1 heterocycles. The fourth-order valence-electron chi connectivity index (χ4n) is 2.13. The summed E-state index contributed by atoms with van der Waals surface area (Å²) >= 11 is 14.7. The number of nitrogens with zero attached hydrogens (tertiary/aromatic N) is 2. The van der Waals surface area contributed by atoms with Gasteiger partial charge in [-0.25, -0.2) is 4.98 Å². The van der Waals surface area contributed by atoms with Crippen molar-refractivity contribution in [2.24, 2.45) is 0 Å². The maximum atomic E-state index is 6.07. The second-order valence-corrected chi connectivity index (χ2v) is 6.74. The number of hydrogen-bond donors (Lipinski definition) is 2. The second kappa shape index (κ2) is 7.79. The number of nitrogens with one attached hydrogen (secondary N) is 2. The average molecular weight is 422 g/mol. The summed E-state index contributed by atoms with van der Waals surface area (Å²) < 4.78 is 2.81. The monoisotopic (exact) mass is 420 g/mol. The van der Waals surface area contributed by atoms with E-state index in [1.165, 1.54) is 0 Å². The molecule has 0 fully saturated rings. The molecule has 0 radical (unpaired) electrons. The van der Waals surface area contributed by atoms with Crippen molar-refractivity contribution in [1.29, 1.82) is 0 Å². The Morgan fingerprint density at radius 1 is 1.21 bits per heavy atom. The van der Waals surface area contributed by atoms with Crippen LogP contribution in [0.4, 0.5) is 5.69 Å². The van der Waals surface area contributed by atoms with Gasteiger partial charge in [0.25, 0.3) is 0 Å². The second-order valence-electron chi connectivity index (χ2n) is 5.07. The molecule has 0 saturated carbocycles. The first-order valence-corrected chi connectivity index (χ1v) is 8.77. The van der Waals surface area contributed by atoms with E-state index in [2.05, 4.69) is 43.7 Å². The van der Waals surface area contributed by atoms with Gasteiger partial charge in [0.2, 0.25) is 0 Å². The van der Waals surface area contributed by atoms with Crippen LogP contribution in [-0.2, 0) is 6.54 Å². The Kier molecular flexibility index (Phi) is 5.50. The van der Waals surface area contributed by atoms with Crippen LogP contribution in [0.2, 0.25) is 5.02 Å². The first-order chi connectivity index (χ1) is 11.6. The summed E-state index contributed by atoms with van der Waals surface area (Å²) in [6.07, 6.45) is 5.44. The van der Waals surface area contributed by atoms with E-state index < -0.39 is 0 Å². The van der Waals surface area contributed by atoms with Crippen LogP contribution in [0.1, 0.15) is 5.56 Å². The predicted octanol–water partition coefficient (Wildman–Crippen LogP) is 4.77. The molecule has 122 valence electrons. The molecule has 7 heteroatoms. The van der Waals surface area contributed by atoms with E-state index in [1.54, 1.807) is 12.5 Å². The molecule has 0 atom stereocenters. The topological polar surface area (TPSA) is 41.9 Å². The van der Waals surface area contributed by atoms with Gasteiger partial charge < -0.3 is 15.2 Å². The van der Waals surface area contributed by atoms with Crippen LogP contribution in [0.25, 0.3) is 5.69 Å². The van der Waals surface area contributed by atoms with Gasteiger partial charge in [-0.1, -0.05) is 23.7 Å². The maximum Gasteiger partial charge on any atom is 0.171 e. The van der Waals surface area contributed by atoms with Crippen LogP contribution >= 0.6 is 39.7 Å². The van der Waals surface area contributed by atoms with E-state index >= 15 is 0 Å². The molecule has 1 aromatic heterocycles. The number of rotatable bonds is 4. The van der Waals surface area contributed by atoms with Gasteiger partial charge in [-0.05, 0) is 64.0 Å². The smallest absolute Gasteiger partial charge is 0.171 e. The molecule has 0 amide bonds. The highest BCUT2D eigenvalue weighted by atomic mass is 79.9. The quantitative estimate of drug-likeness (QED) is 0.595. The van der Waals surface area contributed by atoms with Crippen LogP contribution in [0, 0.1) is 0 Å². The van der Waals surface area contributed by atoms with Gasteiger partial charge in [0, 0.05) is 34.8 Å². The molecule has 0 aliphatic heterocycles. The van der Waals surface area contributed by atoms with Crippen molar-refractivity contribution in [2.75, 3.05) is 5.32 Å². The van der Waals surface area contributed by atoms with Crippen molar-refractivity contribution in [3.63, 3.8) is 0 Å². The first-order valence-electron chi connectivity index (χ1n) is 7.19. The highest BCUT2D eigenvalue weighted by Gasteiger charge is 2.02. The molecule has 3 rings (SSSR count). The van der Waals surface area contributed by atoms with E-state index in [4.69, 9.17) is 23.8 Å². The molecule has 2 N–H and O–H groups in total. The molecule has 0 aliphatic carbocycles. The van der Waals surface area contributed by atoms with Crippen molar-refractivity contribution in [1.82, 2.24) is 14.9 Å². The lowest BCUT2D eigenvalue weighted by Gasteiger charge is -2.11. The zero-order valence-corrected chi connectivity index (χ0v) is 15.7. The van der Waals surface area contributed by atoms with E-state index in [-0.39, 0.29) is 0 Å². The van der Waals surface area contributed by atoms with E-state index in [0.29, 0.717) is 16.7 Å². The lowest BCUT2D eigenvalue weighted by molar-refractivity contribution is 0.923. The van der Waals surface area contributed by atoms with Crippen molar-refractivity contribution in [3.8, 4) is 5.69 Å². The third-order valence-corrected chi connectivity index (χ3v) is 4.85. The molecule has 0 aliphatic rings. The lowest BCUT2D eigenvalue weighted by Crippen LogP contribution is -2.27. The van der Waals surface area contributed by atoms with Crippen molar-refractivity contribution < 1.29 is 0 Å². The van der Waals surface area contributed by atoms with Gasteiger partial charge in [-0.3, -0.25) is 0 Å². The van der Waals surface area contributed by atoms with Gasteiger partial charge in [0.05, 0.1) is 11.3 Å². The number of hydrogen-bond acceptors (Lipinski definition) is 2. The molecular weight excluding hydrogens is 408 g/mol. The lowest BCUT2D eigenvalue weighted by atomic mass is 10.2. The predicted molar refractivity (Wildman–Crippen MR) is 106 cm³/mol. The summed E-state index contributed by atoms with van der Waals surface area (Å²) in [5.74, 6) is 0. The normalized spacial score (nSPS) is 10.4. The third-order valence-electron chi connectivity index (χ3n) is 3.37. The van der Waals surface area contributed by atoms with Gasteiger partial charge in [-0.2, -0.15) is 0 Å². The van der Waals surface area contributed by atoms with Crippen LogP contribution in [0.3, 0.4) is 0 Å². The Morgan fingerprint density at radius 2 is 2.00 bits per heavy atom. The number of benzene rings is 2. The highest BCUT2D eigenvalue weighted by Crippen LogP contribution is 2.25. The zero-order chi connectivity index (χ0) is 16.9. The largest absolute Gasteiger partial charge is 0.358 e. The molecule has 0 spiro atoms. The molecular formula is C17H14BrClN4S. The minimum Gasteiger partial charge on any atom is -0.358 e. The molecule has 24 heavy (non-hydrogen) atoms. The summed E-state index contributed by atoms with van der Waals surface area (Å²) in [5.41, 5.74) is 3.05. The minimum atomic E-state index is 0.548.